The third kappa shape index (κ3) is 5.63. The summed E-state index contributed by atoms with van der Waals surface area (Å²) in [6, 6.07) is 14.5. The molecule has 1 aromatic heterocycles. The van der Waals surface area contributed by atoms with Gasteiger partial charge >= 0.3 is 11.8 Å². The molecule has 1 N–H and O–H groups in total. The van der Waals surface area contributed by atoms with Gasteiger partial charge in [-0.25, -0.2) is 8.42 Å². The number of rotatable bonds is 8. The van der Waals surface area contributed by atoms with Crippen LogP contribution < -0.4 is 5.32 Å². The van der Waals surface area contributed by atoms with Crippen molar-refractivity contribution in [3.05, 3.63) is 60.0 Å². The highest BCUT2D eigenvalue weighted by Crippen LogP contribution is 2.24. The number of thioether (sulfide) groups is 1. The van der Waals surface area contributed by atoms with Crippen LogP contribution in [0, 0.1) is 0 Å². The monoisotopic (exact) mass is 486 g/mol. The van der Waals surface area contributed by atoms with E-state index in [4.69, 9.17) is 4.42 Å². The van der Waals surface area contributed by atoms with Gasteiger partial charge in [-0.1, -0.05) is 18.6 Å². The lowest BCUT2D eigenvalue weighted by Gasteiger charge is -2.25. The summed E-state index contributed by atoms with van der Waals surface area (Å²) >= 11 is 1.68. The normalized spacial score (nSPS) is 14.8. The van der Waals surface area contributed by atoms with Gasteiger partial charge in [0.05, 0.1) is 4.90 Å². The average Bonchev–Trinajstić information content (AvgIpc) is 3.36. The van der Waals surface area contributed by atoms with Crippen LogP contribution in [0.15, 0.2) is 62.7 Å². The highest BCUT2D eigenvalue weighted by Gasteiger charge is 2.26. The van der Waals surface area contributed by atoms with E-state index in [2.05, 4.69) is 27.6 Å². The van der Waals surface area contributed by atoms with Crippen molar-refractivity contribution in [2.45, 2.75) is 35.5 Å². The molecule has 0 spiro atoms. The maximum Gasteiger partial charge on any atom is 0.308 e. The first kappa shape index (κ1) is 23.5. The number of amides is 1. The summed E-state index contributed by atoms with van der Waals surface area (Å²) in [4.78, 5) is 13.8. The Hall–Kier alpha value is -2.69. The van der Waals surface area contributed by atoms with E-state index in [1.165, 1.54) is 21.3 Å². The summed E-state index contributed by atoms with van der Waals surface area (Å²) < 4.78 is 32.6. The van der Waals surface area contributed by atoms with Crippen LogP contribution in [-0.2, 0) is 16.4 Å². The number of sulfonamides is 1. The molecule has 1 saturated heterocycles. The number of hydrogen-bond donors (Lipinski definition) is 1. The van der Waals surface area contributed by atoms with E-state index in [0.29, 0.717) is 31.6 Å². The molecule has 1 amide bonds. The minimum absolute atomic E-state index is 0.132. The molecule has 1 fully saturated rings. The second-order valence-electron chi connectivity index (χ2n) is 7.76. The zero-order chi connectivity index (χ0) is 23.3. The van der Waals surface area contributed by atoms with Gasteiger partial charge < -0.3 is 9.73 Å². The van der Waals surface area contributed by atoms with Gasteiger partial charge in [0.1, 0.15) is 0 Å². The van der Waals surface area contributed by atoms with Crippen molar-refractivity contribution < 1.29 is 17.6 Å². The molecule has 2 aromatic carbocycles. The molecule has 174 valence electrons. The zero-order valence-electron chi connectivity index (χ0n) is 18.4. The molecule has 1 aliphatic rings. The van der Waals surface area contributed by atoms with Crippen LogP contribution in [0.2, 0.25) is 0 Å². The number of nitrogens with one attached hydrogen (secondary N) is 1. The van der Waals surface area contributed by atoms with Gasteiger partial charge in [0, 0.05) is 30.1 Å². The predicted octanol–water partition coefficient (Wildman–Crippen LogP) is 3.61. The first-order valence-electron chi connectivity index (χ1n) is 10.8. The van der Waals surface area contributed by atoms with Gasteiger partial charge in [0.2, 0.25) is 15.9 Å². The highest BCUT2D eigenvalue weighted by molar-refractivity contribution is 7.98. The lowest BCUT2D eigenvalue weighted by molar-refractivity contribution is 0.0920. The number of piperidine rings is 1. The van der Waals surface area contributed by atoms with Gasteiger partial charge in [-0.3, -0.25) is 4.79 Å². The van der Waals surface area contributed by atoms with Crippen LogP contribution in [0.3, 0.4) is 0 Å². The second kappa shape index (κ2) is 10.5. The Balaban J connectivity index is 1.35. The molecule has 0 atom stereocenters. The van der Waals surface area contributed by atoms with Crippen LogP contribution in [-0.4, -0.2) is 54.7 Å². The predicted molar refractivity (Wildman–Crippen MR) is 127 cm³/mol. The second-order valence-corrected chi connectivity index (χ2v) is 10.6. The number of benzene rings is 2. The van der Waals surface area contributed by atoms with Crippen LogP contribution in [0.4, 0.5) is 0 Å². The van der Waals surface area contributed by atoms with Gasteiger partial charge in [0.15, 0.2) is 0 Å². The van der Waals surface area contributed by atoms with E-state index in [1.54, 1.807) is 23.9 Å². The van der Waals surface area contributed by atoms with E-state index in [-0.39, 0.29) is 16.7 Å². The molecule has 0 aliphatic carbocycles. The van der Waals surface area contributed by atoms with E-state index >= 15 is 0 Å². The van der Waals surface area contributed by atoms with Crippen molar-refractivity contribution in [1.29, 1.82) is 0 Å². The Morgan fingerprint density at radius 2 is 1.73 bits per heavy atom. The van der Waals surface area contributed by atoms with Gasteiger partial charge in [0.25, 0.3) is 0 Å². The van der Waals surface area contributed by atoms with Crippen molar-refractivity contribution >= 4 is 27.7 Å². The Labute approximate surface area is 197 Å². The number of carbonyl (C=O) groups excluding carboxylic acids is 1. The van der Waals surface area contributed by atoms with Gasteiger partial charge in [-0.05, 0) is 67.5 Å². The van der Waals surface area contributed by atoms with Crippen LogP contribution >= 0.6 is 11.8 Å². The zero-order valence-corrected chi connectivity index (χ0v) is 20.0. The number of carbonyl (C=O) groups is 1. The highest BCUT2D eigenvalue weighted by atomic mass is 32.2. The molecule has 0 bridgehead atoms. The molecule has 8 nitrogen and oxygen atoms in total. The third-order valence-electron chi connectivity index (χ3n) is 5.53. The molecule has 0 radical (unpaired) electrons. The summed E-state index contributed by atoms with van der Waals surface area (Å²) in [5.74, 6) is -0.416. The first-order valence-corrected chi connectivity index (χ1v) is 13.5. The van der Waals surface area contributed by atoms with Crippen LogP contribution in [0.5, 0.6) is 0 Å². The first-order chi connectivity index (χ1) is 16.0. The van der Waals surface area contributed by atoms with Crippen LogP contribution in [0.25, 0.3) is 11.5 Å². The van der Waals surface area contributed by atoms with Gasteiger partial charge in [-0.15, -0.1) is 22.0 Å². The SMILES string of the molecule is CSc1ccc(CCNC(=O)c2nnc(-c3ccc(S(=O)(=O)N4CCCCC4)cc3)o2)cc1. The van der Waals surface area contributed by atoms with E-state index in [0.717, 1.165) is 24.8 Å². The maximum absolute atomic E-state index is 12.8. The molecular weight excluding hydrogens is 460 g/mol. The van der Waals surface area contributed by atoms with Crippen molar-refractivity contribution in [1.82, 2.24) is 19.8 Å². The molecule has 10 heteroatoms. The topological polar surface area (TPSA) is 105 Å². The van der Waals surface area contributed by atoms with E-state index in [1.807, 2.05) is 18.4 Å². The summed E-state index contributed by atoms with van der Waals surface area (Å²) in [6.07, 6.45) is 5.54. The van der Waals surface area contributed by atoms with Gasteiger partial charge in [-0.2, -0.15) is 4.31 Å². The molecule has 4 rings (SSSR count). The molecule has 0 unspecified atom stereocenters. The largest absolute Gasteiger partial charge is 0.412 e. The fraction of sp³-hybridized carbons (Fsp3) is 0.348. The molecule has 0 saturated carbocycles. The molecule has 33 heavy (non-hydrogen) atoms. The Morgan fingerprint density at radius 1 is 1.03 bits per heavy atom. The summed E-state index contributed by atoms with van der Waals surface area (Å²) in [5.41, 5.74) is 1.67. The molecular formula is C23H26N4O4S2. The Bertz CT molecular complexity index is 1190. The van der Waals surface area contributed by atoms with Crippen molar-refractivity contribution in [3.8, 4) is 11.5 Å². The minimum atomic E-state index is -3.51. The standard InChI is InChI=1S/C23H26N4O4S2/c1-32-19-9-5-17(6-10-19)13-14-24-21(28)23-26-25-22(31-23)18-7-11-20(12-8-18)33(29,30)27-15-3-2-4-16-27/h5-12H,2-4,13-16H2,1H3,(H,24,28). The fourth-order valence-corrected chi connectivity index (χ4v) is 5.57. The number of aromatic nitrogens is 2. The number of nitrogens with zero attached hydrogens (tertiary/aromatic N) is 3. The lowest BCUT2D eigenvalue weighted by atomic mass is 10.1. The Morgan fingerprint density at radius 3 is 2.39 bits per heavy atom. The average molecular weight is 487 g/mol. The van der Waals surface area contributed by atoms with E-state index in [9.17, 15) is 13.2 Å². The van der Waals surface area contributed by atoms with Crippen molar-refractivity contribution in [3.63, 3.8) is 0 Å². The summed E-state index contributed by atoms with van der Waals surface area (Å²) in [6.45, 7) is 1.54. The lowest BCUT2D eigenvalue weighted by Crippen LogP contribution is -2.35. The van der Waals surface area contributed by atoms with Crippen LogP contribution in [0.1, 0.15) is 35.5 Å². The third-order valence-corrected chi connectivity index (χ3v) is 8.19. The molecule has 1 aliphatic heterocycles. The van der Waals surface area contributed by atoms with Crippen molar-refractivity contribution in [2.24, 2.45) is 0 Å². The number of hydrogen-bond acceptors (Lipinski definition) is 7. The minimum Gasteiger partial charge on any atom is -0.412 e. The Kier molecular flexibility index (Phi) is 7.46. The fourth-order valence-electron chi connectivity index (χ4n) is 3.64. The van der Waals surface area contributed by atoms with E-state index < -0.39 is 15.9 Å². The molecule has 2 heterocycles. The molecule has 3 aromatic rings. The summed E-state index contributed by atoms with van der Waals surface area (Å²) in [5, 5.41) is 10.5. The van der Waals surface area contributed by atoms with Crippen molar-refractivity contribution in [2.75, 3.05) is 25.9 Å². The summed E-state index contributed by atoms with van der Waals surface area (Å²) in [7, 11) is -3.51. The quantitative estimate of drug-likeness (QED) is 0.485. The maximum atomic E-state index is 12.8. The smallest absolute Gasteiger partial charge is 0.308 e.